The zero-order chi connectivity index (χ0) is 17.2. The Morgan fingerprint density at radius 3 is 1.73 bits per heavy atom. The fourth-order valence-corrected chi connectivity index (χ4v) is 3.10. The van der Waals surface area contributed by atoms with Crippen LogP contribution in [0, 0.1) is 38.5 Å². The number of aromatic hydroxyl groups is 2. The summed E-state index contributed by atoms with van der Waals surface area (Å²) in [5.74, 6) is 1.24. The molecule has 2 unspecified atom stereocenters. The molecular formula is C19H32O3. The van der Waals surface area contributed by atoms with Crippen molar-refractivity contribution in [1.29, 1.82) is 0 Å². The van der Waals surface area contributed by atoms with Crippen LogP contribution in [0.3, 0.4) is 0 Å². The van der Waals surface area contributed by atoms with Crippen molar-refractivity contribution in [3.8, 4) is 11.5 Å². The molecule has 1 rings (SSSR count). The monoisotopic (exact) mass is 308 g/mol. The molecule has 0 amide bonds. The highest BCUT2D eigenvalue weighted by molar-refractivity contribution is 5.57. The second kappa shape index (κ2) is 7.36. The van der Waals surface area contributed by atoms with Gasteiger partial charge in [0.2, 0.25) is 0 Å². The van der Waals surface area contributed by atoms with Gasteiger partial charge in [0.05, 0.1) is 6.10 Å². The van der Waals surface area contributed by atoms with Crippen molar-refractivity contribution < 1.29 is 15.3 Å². The molecule has 3 heteroatoms. The van der Waals surface area contributed by atoms with Crippen molar-refractivity contribution >= 4 is 0 Å². The van der Waals surface area contributed by atoms with E-state index in [1.54, 1.807) is 20.8 Å². The van der Waals surface area contributed by atoms with Gasteiger partial charge in [-0.25, -0.2) is 0 Å². The zero-order valence-electron chi connectivity index (χ0n) is 15.1. The Morgan fingerprint density at radius 1 is 0.773 bits per heavy atom. The highest BCUT2D eigenvalue weighted by Gasteiger charge is 2.30. The van der Waals surface area contributed by atoms with Gasteiger partial charge in [-0.2, -0.15) is 0 Å². The minimum absolute atomic E-state index is 0.0634. The molecule has 0 saturated carbocycles. The van der Waals surface area contributed by atoms with Crippen LogP contribution in [0.15, 0.2) is 0 Å². The van der Waals surface area contributed by atoms with Gasteiger partial charge in [0.15, 0.2) is 0 Å². The maximum absolute atomic E-state index is 10.9. The molecule has 3 nitrogen and oxygen atoms in total. The van der Waals surface area contributed by atoms with Crippen molar-refractivity contribution in [2.24, 2.45) is 17.8 Å². The Bertz CT molecular complexity index is 489. The SMILES string of the molecule is Cc1c(C)c(O)c(C(O)C(CCC(C)C)C(C)C)c(C)c1O. The normalized spacial score (nSPS) is 14.6. The summed E-state index contributed by atoms with van der Waals surface area (Å²) in [4.78, 5) is 0. The standard InChI is InChI=1S/C19H32O3/c1-10(2)8-9-15(11(3)4)19(22)16-14(7)17(20)12(5)13(6)18(16)21/h10-11,15,19-22H,8-9H2,1-7H3. The molecule has 22 heavy (non-hydrogen) atoms. The predicted octanol–water partition coefficient (Wildman–Crippen LogP) is 4.76. The molecule has 3 N–H and O–H groups in total. The van der Waals surface area contributed by atoms with Gasteiger partial charge < -0.3 is 15.3 Å². The molecule has 0 bridgehead atoms. The second-order valence-corrected chi connectivity index (χ2v) is 7.31. The maximum atomic E-state index is 10.9. The third kappa shape index (κ3) is 3.75. The van der Waals surface area contributed by atoms with E-state index in [4.69, 9.17) is 0 Å². The minimum Gasteiger partial charge on any atom is -0.507 e. The van der Waals surface area contributed by atoms with Crippen molar-refractivity contribution in [1.82, 2.24) is 0 Å². The molecular weight excluding hydrogens is 276 g/mol. The van der Waals surface area contributed by atoms with Crippen LogP contribution >= 0.6 is 0 Å². The van der Waals surface area contributed by atoms with Crippen LogP contribution in [0.1, 0.15) is 68.9 Å². The first-order valence-corrected chi connectivity index (χ1v) is 8.29. The van der Waals surface area contributed by atoms with Crippen LogP contribution in [-0.4, -0.2) is 15.3 Å². The molecule has 0 heterocycles. The Labute approximate surface area is 135 Å². The van der Waals surface area contributed by atoms with Gasteiger partial charge in [-0.05, 0) is 56.1 Å². The third-order valence-electron chi connectivity index (χ3n) is 4.92. The van der Waals surface area contributed by atoms with E-state index in [0.717, 1.165) is 12.8 Å². The lowest BCUT2D eigenvalue weighted by molar-refractivity contribution is 0.0692. The summed E-state index contributed by atoms with van der Waals surface area (Å²) in [5, 5.41) is 31.6. The maximum Gasteiger partial charge on any atom is 0.125 e. The number of aliphatic hydroxyl groups excluding tert-OH is 1. The van der Waals surface area contributed by atoms with E-state index >= 15 is 0 Å². The van der Waals surface area contributed by atoms with Gasteiger partial charge in [0.25, 0.3) is 0 Å². The highest BCUT2D eigenvalue weighted by Crippen LogP contribution is 2.44. The lowest BCUT2D eigenvalue weighted by atomic mass is 9.79. The Hall–Kier alpha value is -1.22. The topological polar surface area (TPSA) is 60.7 Å². The lowest BCUT2D eigenvalue weighted by Gasteiger charge is -2.30. The quantitative estimate of drug-likeness (QED) is 0.664. The minimum atomic E-state index is -0.760. The molecule has 0 aromatic heterocycles. The summed E-state index contributed by atoms with van der Waals surface area (Å²) >= 11 is 0. The van der Waals surface area contributed by atoms with Gasteiger partial charge in [-0.15, -0.1) is 0 Å². The van der Waals surface area contributed by atoms with Gasteiger partial charge in [-0.3, -0.25) is 0 Å². The average Bonchev–Trinajstić information content (AvgIpc) is 2.42. The first kappa shape index (κ1) is 18.8. The summed E-state index contributed by atoms with van der Waals surface area (Å²) in [5.41, 5.74) is 2.39. The molecule has 1 aromatic rings. The lowest BCUT2D eigenvalue weighted by Crippen LogP contribution is -2.20. The molecule has 0 aliphatic carbocycles. The van der Waals surface area contributed by atoms with E-state index < -0.39 is 6.10 Å². The fraction of sp³-hybridized carbons (Fsp3) is 0.684. The Balaban J connectivity index is 3.27. The van der Waals surface area contributed by atoms with E-state index in [-0.39, 0.29) is 17.4 Å². The number of hydrogen-bond donors (Lipinski definition) is 3. The number of rotatable bonds is 6. The van der Waals surface area contributed by atoms with E-state index in [9.17, 15) is 15.3 Å². The molecule has 0 aliphatic heterocycles. The van der Waals surface area contributed by atoms with E-state index in [1.165, 1.54) is 0 Å². The van der Waals surface area contributed by atoms with Crippen LogP contribution < -0.4 is 0 Å². The molecule has 0 fully saturated rings. The van der Waals surface area contributed by atoms with E-state index in [2.05, 4.69) is 27.7 Å². The molecule has 2 atom stereocenters. The summed E-state index contributed by atoms with van der Waals surface area (Å²) in [7, 11) is 0. The molecule has 0 aliphatic rings. The summed E-state index contributed by atoms with van der Waals surface area (Å²) in [6.07, 6.45) is 1.18. The van der Waals surface area contributed by atoms with E-state index in [1.807, 2.05) is 0 Å². The first-order valence-electron chi connectivity index (χ1n) is 8.29. The first-order chi connectivity index (χ1) is 10.1. The van der Waals surface area contributed by atoms with Gasteiger partial charge in [0.1, 0.15) is 11.5 Å². The van der Waals surface area contributed by atoms with Crippen LogP contribution in [0.5, 0.6) is 11.5 Å². The zero-order valence-corrected chi connectivity index (χ0v) is 15.1. The van der Waals surface area contributed by atoms with Crippen molar-refractivity contribution in [3.05, 3.63) is 22.3 Å². The summed E-state index contributed by atoms with van der Waals surface area (Å²) in [6.45, 7) is 13.9. The predicted molar refractivity (Wildman–Crippen MR) is 91.3 cm³/mol. The smallest absolute Gasteiger partial charge is 0.125 e. The number of phenolic OH excluding ortho intramolecular Hbond substituents is 2. The number of phenols is 2. The summed E-state index contributed by atoms with van der Waals surface area (Å²) < 4.78 is 0. The number of benzene rings is 1. The Morgan fingerprint density at radius 2 is 1.27 bits per heavy atom. The van der Waals surface area contributed by atoms with Crippen molar-refractivity contribution in [2.45, 2.75) is 67.4 Å². The second-order valence-electron chi connectivity index (χ2n) is 7.31. The molecule has 0 spiro atoms. The average molecular weight is 308 g/mol. The Kier molecular flexibility index (Phi) is 6.30. The van der Waals surface area contributed by atoms with Gasteiger partial charge in [0, 0.05) is 11.1 Å². The van der Waals surface area contributed by atoms with Gasteiger partial charge in [-0.1, -0.05) is 34.1 Å². The third-order valence-corrected chi connectivity index (χ3v) is 4.92. The van der Waals surface area contributed by atoms with Crippen LogP contribution in [0.2, 0.25) is 0 Å². The molecule has 126 valence electrons. The highest BCUT2D eigenvalue weighted by atomic mass is 16.3. The van der Waals surface area contributed by atoms with E-state index in [0.29, 0.717) is 34.1 Å². The summed E-state index contributed by atoms with van der Waals surface area (Å²) in [6, 6.07) is 0. The molecule has 0 saturated heterocycles. The van der Waals surface area contributed by atoms with Crippen LogP contribution in [0.4, 0.5) is 0 Å². The van der Waals surface area contributed by atoms with Crippen LogP contribution in [0.25, 0.3) is 0 Å². The van der Waals surface area contributed by atoms with Crippen molar-refractivity contribution in [2.75, 3.05) is 0 Å². The van der Waals surface area contributed by atoms with Gasteiger partial charge >= 0.3 is 0 Å². The molecule has 0 radical (unpaired) electrons. The number of hydrogen-bond acceptors (Lipinski definition) is 3. The van der Waals surface area contributed by atoms with Crippen LogP contribution in [-0.2, 0) is 0 Å². The largest absolute Gasteiger partial charge is 0.507 e. The number of aliphatic hydroxyl groups is 1. The molecule has 1 aromatic carbocycles. The fourth-order valence-electron chi connectivity index (χ4n) is 3.10. The van der Waals surface area contributed by atoms with Crippen molar-refractivity contribution in [3.63, 3.8) is 0 Å².